The summed E-state index contributed by atoms with van der Waals surface area (Å²) in [6.07, 6.45) is 17.9. The Hall–Kier alpha value is -0.870. The number of unbranched alkanes of at least 4 members (excludes halogenated alkanes) is 12. The van der Waals surface area contributed by atoms with E-state index < -0.39 is 12.1 Å². The molecule has 4 heteroatoms. The molecule has 0 rings (SSSR count). The average molecular weight is 356 g/mol. The van der Waals surface area contributed by atoms with Crippen LogP contribution in [0.1, 0.15) is 96.8 Å². The SMILES string of the molecule is C=CC(=O)N[C@@H](CO)[C@H](O)CCCCCCCCCCCCCCC. The van der Waals surface area contributed by atoms with Gasteiger partial charge in [0.1, 0.15) is 0 Å². The Morgan fingerprint density at radius 1 is 0.920 bits per heavy atom. The minimum atomic E-state index is -0.693. The molecule has 0 aromatic rings. The Balaban J connectivity index is 3.42. The summed E-state index contributed by atoms with van der Waals surface area (Å²) in [7, 11) is 0. The fourth-order valence-electron chi connectivity index (χ4n) is 3.08. The Morgan fingerprint density at radius 2 is 1.36 bits per heavy atom. The van der Waals surface area contributed by atoms with Crippen molar-refractivity contribution >= 4 is 5.91 Å². The first-order valence-electron chi connectivity index (χ1n) is 10.4. The van der Waals surface area contributed by atoms with E-state index in [9.17, 15) is 15.0 Å². The summed E-state index contributed by atoms with van der Waals surface area (Å²) in [6.45, 7) is 5.38. The molecular formula is C21H41NO3. The molecule has 0 spiro atoms. The average Bonchev–Trinajstić information content (AvgIpc) is 2.63. The molecule has 0 bridgehead atoms. The van der Waals surface area contributed by atoms with E-state index in [1.54, 1.807) is 0 Å². The van der Waals surface area contributed by atoms with Crippen molar-refractivity contribution in [3.63, 3.8) is 0 Å². The highest BCUT2D eigenvalue weighted by molar-refractivity contribution is 5.87. The van der Waals surface area contributed by atoms with E-state index in [4.69, 9.17) is 0 Å². The molecule has 148 valence electrons. The molecule has 0 aliphatic carbocycles. The largest absolute Gasteiger partial charge is 0.394 e. The number of rotatable bonds is 18. The van der Waals surface area contributed by atoms with E-state index in [1.165, 1.54) is 70.6 Å². The molecule has 0 aromatic carbocycles. The van der Waals surface area contributed by atoms with Crippen LogP contribution in [0.2, 0.25) is 0 Å². The second-order valence-electron chi connectivity index (χ2n) is 7.10. The van der Waals surface area contributed by atoms with Crippen molar-refractivity contribution in [2.75, 3.05) is 6.61 Å². The molecule has 0 unspecified atom stereocenters. The molecule has 2 atom stereocenters. The summed E-state index contributed by atoms with van der Waals surface area (Å²) in [5.74, 6) is -0.358. The van der Waals surface area contributed by atoms with Crippen molar-refractivity contribution < 1.29 is 15.0 Å². The molecule has 4 nitrogen and oxygen atoms in total. The predicted molar refractivity (Wildman–Crippen MR) is 106 cm³/mol. The van der Waals surface area contributed by atoms with E-state index >= 15 is 0 Å². The number of amides is 1. The zero-order valence-electron chi connectivity index (χ0n) is 16.3. The zero-order chi connectivity index (χ0) is 18.8. The fourth-order valence-corrected chi connectivity index (χ4v) is 3.08. The van der Waals surface area contributed by atoms with E-state index in [0.717, 1.165) is 18.9 Å². The van der Waals surface area contributed by atoms with Crippen LogP contribution in [0, 0.1) is 0 Å². The third-order valence-electron chi connectivity index (χ3n) is 4.78. The van der Waals surface area contributed by atoms with Gasteiger partial charge in [-0.1, -0.05) is 97.0 Å². The Bertz CT molecular complexity index is 320. The van der Waals surface area contributed by atoms with E-state index in [0.29, 0.717) is 6.42 Å². The lowest BCUT2D eigenvalue weighted by Gasteiger charge is -2.21. The number of carbonyl (C=O) groups excluding carboxylic acids is 1. The third-order valence-corrected chi connectivity index (χ3v) is 4.78. The summed E-state index contributed by atoms with van der Waals surface area (Å²) in [5.41, 5.74) is 0. The van der Waals surface area contributed by atoms with Crippen molar-refractivity contribution in [1.29, 1.82) is 0 Å². The molecule has 0 fully saturated rings. The first-order chi connectivity index (χ1) is 12.2. The lowest BCUT2D eigenvalue weighted by atomic mass is 10.0. The second-order valence-corrected chi connectivity index (χ2v) is 7.10. The Morgan fingerprint density at radius 3 is 1.76 bits per heavy atom. The highest BCUT2D eigenvalue weighted by Gasteiger charge is 2.18. The Labute approximate surface area is 155 Å². The first kappa shape index (κ1) is 24.1. The van der Waals surface area contributed by atoms with Crippen LogP contribution in [0.4, 0.5) is 0 Å². The third kappa shape index (κ3) is 15.1. The number of hydrogen-bond donors (Lipinski definition) is 3. The highest BCUT2D eigenvalue weighted by Crippen LogP contribution is 2.14. The highest BCUT2D eigenvalue weighted by atomic mass is 16.3. The zero-order valence-corrected chi connectivity index (χ0v) is 16.3. The lowest BCUT2D eigenvalue weighted by molar-refractivity contribution is -0.118. The maximum atomic E-state index is 11.2. The smallest absolute Gasteiger partial charge is 0.243 e. The molecule has 0 saturated heterocycles. The van der Waals surface area contributed by atoms with Gasteiger partial charge in [0.15, 0.2) is 0 Å². The van der Waals surface area contributed by atoms with Gasteiger partial charge >= 0.3 is 0 Å². The van der Waals surface area contributed by atoms with Crippen LogP contribution >= 0.6 is 0 Å². The monoisotopic (exact) mass is 355 g/mol. The molecule has 0 radical (unpaired) electrons. The molecule has 0 aromatic heterocycles. The molecule has 0 saturated carbocycles. The van der Waals surface area contributed by atoms with E-state index in [1.807, 2.05) is 0 Å². The normalized spacial score (nSPS) is 13.4. The van der Waals surface area contributed by atoms with E-state index in [-0.39, 0.29) is 12.5 Å². The maximum absolute atomic E-state index is 11.2. The Kier molecular flexibility index (Phi) is 17.3. The van der Waals surface area contributed by atoms with Gasteiger partial charge in [-0.25, -0.2) is 0 Å². The van der Waals surface area contributed by atoms with Crippen LogP contribution in [0.5, 0.6) is 0 Å². The number of aliphatic hydroxyl groups is 2. The van der Waals surface area contributed by atoms with Crippen molar-refractivity contribution in [1.82, 2.24) is 5.32 Å². The van der Waals surface area contributed by atoms with Crippen LogP contribution < -0.4 is 5.32 Å². The van der Waals surface area contributed by atoms with Gasteiger partial charge in [-0.05, 0) is 12.5 Å². The minimum Gasteiger partial charge on any atom is -0.394 e. The number of carbonyl (C=O) groups is 1. The standard InChI is InChI=1S/C21H41NO3/c1-3-5-6-7-8-9-10-11-12-13-14-15-16-17-20(24)19(18-23)22-21(25)4-2/h4,19-20,23-24H,2-3,5-18H2,1H3,(H,22,25)/t19-,20+/m0/s1. The van der Waals surface area contributed by atoms with Crippen molar-refractivity contribution in [3.05, 3.63) is 12.7 Å². The van der Waals surface area contributed by atoms with Gasteiger partial charge in [0.25, 0.3) is 0 Å². The number of nitrogens with one attached hydrogen (secondary N) is 1. The summed E-state index contributed by atoms with van der Waals surface area (Å²) in [6, 6.07) is -0.595. The molecule has 0 aliphatic rings. The van der Waals surface area contributed by atoms with Crippen LogP contribution in [0.3, 0.4) is 0 Å². The summed E-state index contributed by atoms with van der Waals surface area (Å²) < 4.78 is 0. The molecule has 1 amide bonds. The molecular weight excluding hydrogens is 314 g/mol. The molecule has 0 heterocycles. The minimum absolute atomic E-state index is 0.251. The van der Waals surface area contributed by atoms with Crippen LogP contribution in [0.15, 0.2) is 12.7 Å². The van der Waals surface area contributed by atoms with Gasteiger partial charge in [0.05, 0.1) is 18.8 Å². The van der Waals surface area contributed by atoms with Gasteiger partial charge in [0, 0.05) is 0 Å². The van der Waals surface area contributed by atoms with Crippen molar-refractivity contribution in [2.24, 2.45) is 0 Å². The van der Waals surface area contributed by atoms with Gasteiger partial charge in [0.2, 0.25) is 5.91 Å². The lowest BCUT2D eigenvalue weighted by Crippen LogP contribution is -2.45. The summed E-state index contributed by atoms with van der Waals surface area (Å²) in [4.78, 5) is 11.2. The van der Waals surface area contributed by atoms with Gasteiger partial charge in [-0.3, -0.25) is 4.79 Å². The second kappa shape index (κ2) is 17.9. The van der Waals surface area contributed by atoms with Crippen molar-refractivity contribution in [2.45, 2.75) is 109 Å². The summed E-state index contributed by atoms with van der Waals surface area (Å²) >= 11 is 0. The number of hydrogen-bond acceptors (Lipinski definition) is 3. The molecule has 25 heavy (non-hydrogen) atoms. The summed E-state index contributed by atoms with van der Waals surface area (Å²) in [5, 5.41) is 21.8. The van der Waals surface area contributed by atoms with E-state index in [2.05, 4.69) is 18.8 Å². The predicted octanol–water partition coefficient (Wildman–Crippen LogP) is 4.49. The van der Waals surface area contributed by atoms with Gasteiger partial charge in [-0.15, -0.1) is 0 Å². The number of aliphatic hydroxyl groups excluding tert-OH is 2. The quantitative estimate of drug-likeness (QED) is 0.251. The molecule has 0 aliphatic heterocycles. The first-order valence-corrected chi connectivity index (χ1v) is 10.4. The van der Waals surface area contributed by atoms with Crippen LogP contribution in [-0.2, 0) is 4.79 Å². The van der Waals surface area contributed by atoms with Crippen LogP contribution in [0.25, 0.3) is 0 Å². The van der Waals surface area contributed by atoms with Gasteiger partial charge < -0.3 is 15.5 Å². The van der Waals surface area contributed by atoms with Crippen LogP contribution in [-0.4, -0.2) is 34.9 Å². The topological polar surface area (TPSA) is 69.6 Å². The molecule has 3 N–H and O–H groups in total. The van der Waals surface area contributed by atoms with Crippen molar-refractivity contribution in [3.8, 4) is 0 Å². The van der Waals surface area contributed by atoms with Gasteiger partial charge in [-0.2, -0.15) is 0 Å². The maximum Gasteiger partial charge on any atom is 0.243 e. The fraction of sp³-hybridized carbons (Fsp3) is 0.857.